The van der Waals surface area contributed by atoms with Crippen LogP contribution in [0.2, 0.25) is 0 Å². The molecule has 0 radical (unpaired) electrons. The minimum atomic E-state index is -0.651. The molecule has 1 heterocycles. The molecule has 6 nitrogen and oxygen atoms in total. The van der Waals surface area contributed by atoms with Crippen LogP contribution in [0.3, 0.4) is 0 Å². The number of Topliss-reactive ketones (excluding diaryl/α,β-unsaturated/α-hetero) is 1. The molecule has 14 heavy (non-hydrogen) atoms. The van der Waals surface area contributed by atoms with Crippen LogP contribution in [-0.4, -0.2) is 28.6 Å². The first-order valence-corrected chi connectivity index (χ1v) is 3.97. The summed E-state index contributed by atoms with van der Waals surface area (Å²) in [5, 5.41) is 6.28. The van der Waals surface area contributed by atoms with E-state index in [1.807, 2.05) is 0 Å². The summed E-state index contributed by atoms with van der Waals surface area (Å²) in [7, 11) is 1.54. The number of rotatable bonds is 4. The monoisotopic (exact) mass is 197 g/mol. The first-order valence-electron chi connectivity index (χ1n) is 3.97. The van der Waals surface area contributed by atoms with Crippen molar-refractivity contribution in [3.8, 4) is 0 Å². The van der Waals surface area contributed by atoms with Crippen LogP contribution in [0.4, 0.5) is 5.69 Å². The molecule has 0 unspecified atom stereocenters. The maximum Gasteiger partial charge on any atom is 0.291 e. The molecule has 1 aromatic rings. The van der Waals surface area contributed by atoms with Gasteiger partial charge in [0, 0.05) is 14.0 Å². The van der Waals surface area contributed by atoms with E-state index < -0.39 is 11.7 Å². The number of nitrogens with one attached hydrogen (secondary N) is 1. The lowest BCUT2D eigenvalue weighted by atomic mass is 10.4. The molecule has 76 valence electrons. The number of ketones is 1. The molecular formula is C8H11N3O3. The van der Waals surface area contributed by atoms with E-state index in [0.29, 0.717) is 12.4 Å². The van der Waals surface area contributed by atoms with Gasteiger partial charge in [-0.15, -0.1) is 0 Å². The van der Waals surface area contributed by atoms with E-state index in [9.17, 15) is 9.59 Å². The minimum Gasteiger partial charge on any atom is -0.362 e. The summed E-state index contributed by atoms with van der Waals surface area (Å²) in [6.07, 6.45) is 3.02. The highest BCUT2D eigenvalue weighted by atomic mass is 16.5. The molecule has 0 saturated heterocycles. The van der Waals surface area contributed by atoms with Gasteiger partial charge in [0.25, 0.3) is 5.91 Å². The molecule has 1 N–H and O–H groups in total. The van der Waals surface area contributed by atoms with Crippen LogP contribution < -0.4 is 5.32 Å². The lowest BCUT2D eigenvalue weighted by molar-refractivity contribution is -0.133. The molecule has 1 rings (SSSR count). The molecule has 6 heteroatoms. The largest absolute Gasteiger partial charge is 0.362 e. The summed E-state index contributed by atoms with van der Waals surface area (Å²) in [5.41, 5.74) is 0.474. The van der Waals surface area contributed by atoms with Gasteiger partial charge in [0.15, 0.2) is 0 Å². The topological polar surface area (TPSA) is 73.2 Å². The zero-order valence-corrected chi connectivity index (χ0v) is 7.98. The first kappa shape index (κ1) is 10.4. The molecule has 0 fully saturated rings. The van der Waals surface area contributed by atoms with Gasteiger partial charge in [0.05, 0.1) is 18.1 Å². The molecule has 0 bridgehead atoms. The van der Waals surface area contributed by atoms with Crippen molar-refractivity contribution >= 4 is 17.4 Å². The van der Waals surface area contributed by atoms with E-state index in [-0.39, 0.29) is 0 Å². The highest BCUT2D eigenvalue weighted by Crippen LogP contribution is 2.04. The number of carbonyl (C=O) groups is 2. The number of amides is 1. The number of aromatic nitrogens is 2. The fourth-order valence-corrected chi connectivity index (χ4v) is 0.850. The van der Waals surface area contributed by atoms with Gasteiger partial charge in [-0.2, -0.15) is 5.10 Å². The van der Waals surface area contributed by atoms with Gasteiger partial charge in [-0.1, -0.05) is 0 Å². The highest BCUT2D eigenvalue weighted by Gasteiger charge is 2.08. The van der Waals surface area contributed by atoms with Crippen molar-refractivity contribution in [1.29, 1.82) is 0 Å². The summed E-state index contributed by atoms with van der Waals surface area (Å²) >= 11 is 0. The zero-order valence-electron chi connectivity index (χ0n) is 7.98. The number of nitrogens with zero attached hydrogens (tertiary/aromatic N) is 2. The molecule has 0 atom stereocenters. The Morgan fingerprint density at radius 3 is 2.93 bits per heavy atom. The van der Waals surface area contributed by atoms with Gasteiger partial charge < -0.3 is 10.1 Å². The van der Waals surface area contributed by atoms with Crippen LogP contribution in [0.15, 0.2) is 12.4 Å². The SMILES string of the molecule is COCn1cc(NC(=O)C(C)=O)cn1. The average molecular weight is 197 g/mol. The first-order chi connectivity index (χ1) is 6.63. The van der Waals surface area contributed by atoms with E-state index >= 15 is 0 Å². The van der Waals surface area contributed by atoms with E-state index in [2.05, 4.69) is 10.4 Å². The Labute approximate surface area is 80.8 Å². The third-order valence-corrected chi connectivity index (χ3v) is 1.47. The predicted octanol–water partition coefficient (Wildman–Crippen LogP) is 0.0145. The van der Waals surface area contributed by atoms with E-state index in [1.54, 1.807) is 6.20 Å². The third kappa shape index (κ3) is 2.67. The molecule has 1 amide bonds. The molecule has 0 aromatic carbocycles. The Balaban J connectivity index is 2.59. The third-order valence-electron chi connectivity index (χ3n) is 1.47. The van der Waals surface area contributed by atoms with Crippen molar-refractivity contribution in [1.82, 2.24) is 9.78 Å². The van der Waals surface area contributed by atoms with Crippen molar-refractivity contribution < 1.29 is 14.3 Å². The van der Waals surface area contributed by atoms with Crippen molar-refractivity contribution in [2.24, 2.45) is 0 Å². The standard InChI is InChI=1S/C8H11N3O3/c1-6(12)8(13)10-7-3-9-11(4-7)5-14-2/h3-4H,5H2,1-2H3,(H,10,13). The summed E-state index contributed by atoms with van der Waals surface area (Å²) in [6.45, 7) is 1.50. The smallest absolute Gasteiger partial charge is 0.291 e. The molecule has 0 spiro atoms. The van der Waals surface area contributed by atoms with Gasteiger partial charge in [-0.25, -0.2) is 4.68 Å². The summed E-state index contributed by atoms with van der Waals surface area (Å²) in [4.78, 5) is 21.6. The second-order valence-electron chi connectivity index (χ2n) is 2.70. The van der Waals surface area contributed by atoms with E-state index in [1.165, 1.54) is 24.9 Å². The summed E-state index contributed by atoms with van der Waals surface area (Å²) in [5.74, 6) is -1.19. The fraction of sp³-hybridized carbons (Fsp3) is 0.375. The van der Waals surface area contributed by atoms with Crippen molar-refractivity contribution in [2.75, 3.05) is 12.4 Å². The van der Waals surface area contributed by atoms with Crippen LogP contribution in [0.5, 0.6) is 0 Å². The lowest BCUT2D eigenvalue weighted by Crippen LogP contribution is -2.19. The van der Waals surface area contributed by atoms with Crippen molar-refractivity contribution in [3.63, 3.8) is 0 Å². The van der Waals surface area contributed by atoms with Gasteiger partial charge >= 0.3 is 0 Å². The minimum absolute atomic E-state index is 0.302. The molecule has 1 aromatic heterocycles. The van der Waals surface area contributed by atoms with E-state index in [4.69, 9.17) is 4.74 Å². The number of hydrogen-bond acceptors (Lipinski definition) is 4. The average Bonchev–Trinajstić information content (AvgIpc) is 2.53. The van der Waals surface area contributed by atoms with Gasteiger partial charge in [-0.3, -0.25) is 9.59 Å². The van der Waals surface area contributed by atoms with E-state index in [0.717, 1.165) is 0 Å². The molecule has 0 aliphatic carbocycles. The van der Waals surface area contributed by atoms with Crippen LogP contribution in [0, 0.1) is 0 Å². The normalized spacial score (nSPS) is 9.86. The quantitative estimate of drug-likeness (QED) is 0.690. The molecule has 0 aliphatic rings. The predicted molar refractivity (Wildman–Crippen MR) is 48.5 cm³/mol. The summed E-state index contributed by atoms with van der Waals surface area (Å²) < 4.78 is 6.31. The Morgan fingerprint density at radius 1 is 1.64 bits per heavy atom. The number of carbonyl (C=O) groups excluding carboxylic acids is 2. The maximum absolute atomic E-state index is 11.0. The molecule has 0 saturated carbocycles. The lowest BCUT2D eigenvalue weighted by Gasteiger charge is -1.97. The van der Waals surface area contributed by atoms with Gasteiger partial charge in [0.2, 0.25) is 5.78 Å². The highest BCUT2D eigenvalue weighted by molar-refractivity contribution is 6.39. The van der Waals surface area contributed by atoms with Crippen LogP contribution in [0.25, 0.3) is 0 Å². The Kier molecular flexibility index (Phi) is 3.35. The van der Waals surface area contributed by atoms with Crippen molar-refractivity contribution in [3.05, 3.63) is 12.4 Å². The van der Waals surface area contributed by atoms with Crippen LogP contribution in [-0.2, 0) is 21.1 Å². The second-order valence-corrected chi connectivity index (χ2v) is 2.70. The van der Waals surface area contributed by atoms with Gasteiger partial charge in [-0.05, 0) is 0 Å². The maximum atomic E-state index is 11.0. The Hall–Kier alpha value is -1.69. The fourth-order valence-electron chi connectivity index (χ4n) is 0.850. The number of anilines is 1. The number of ether oxygens (including phenoxy) is 1. The zero-order chi connectivity index (χ0) is 10.6. The van der Waals surface area contributed by atoms with Crippen LogP contribution in [0.1, 0.15) is 6.92 Å². The number of methoxy groups -OCH3 is 1. The Morgan fingerprint density at radius 2 is 2.36 bits per heavy atom. The molecule has 0 aliphatic heterocycles. The molecular weight excluding hydrogens is 186 g/mol. The summed E-state index contributed by atoms with van der Waals surface area (Å²) in [6, 6.07) is 0. The second kappa shape index (κ2) is 4.52. The van der Waals surface area contributed by atoms with Gasteiger partial charge in [0.1, 0.15) is 6.73 Å². The Bertz CT molecular complexity index is 345. The van der Waals surface area contributed by atoms with Crippen LogP contribution >= 0.6 is 0 Å². The number of hydrogen-bond donors (Lipinski definition) is 1. The van der Waals surface area contributed by atoms with Crippen molar-refractivity contribution in [2.45, 2.75) is 13.7 Å².